The fraction of sp³-hybridized carbons (Fsp3) is 0.344. The third-order valence-electron chi connectivity index (χ3n) is 8.17. The van der Waals surface area contributed by atoms with Gasteiger partial charge in [0.1, 0.15) is 18.0 Å². The predicted molar refractivity (Wildman–Crippen MR) is 152 cm³/mol. The Kier molecular flexibility index (Phi) is 6.78. The summed E-state index contributed by atoms with van der Waals surface area (Å²) in [4.78, 5) is 34.3. The molecule has 206 valence electrons. The number of benzene rings is 1. The van der Waals surface area contributed by atoms with Gasteiger partial charge in [0.15, 0.2) is 11.3 Å². The number of nitrogens with zero attached hydrogens (tertiary/aromatic N) is 3. The van der Waals surface area contributed by atoms with E-state index in [4.69, 9.17) is 14.5 Å². The van der Waals surface area contributed by atoms with Crippen molar-refractivity contribution in [3.8, 4) is 5.75 Å². The molecule has 3 aromatic rings. The minimum atomic E-state index is -0.712. The Morgan fingerprint density at radius 3 is 2.73 bits per heavy atom. The molecule has 40 heavy (non-hydrogen) atoms. The molecule has 4 heterocycles. The summed E-state index contributed by atoms with van der Waals surface area (Å²) in [5.41, 5.74) is 5.83. The summed E-state index contributed by atoms with van der Waals surface area (Å²) in [5, 5.41) is 0. The zero-order valence-electron chi connectivity index (χ0n) is 22.9. The second-order valence-electron chi connectivity index (χ2n) is 10.7. The van der Waals surface area contributed by atoms with Crippen LogP contribution in [-0.2, 0) is 24.3 Å². The van der Waals surface area contributed by atoms with Crippen molar-refractivity contribution in [2.24, 2.45) is 11.8 Å². The molecule has 0 bridgehead atoms. The lowest BCUT2D eigenvalue weighted by Gasteiger charge is -2.30. The number of rotatable bonds is 7. The number of hydrogen-bond acceptors (Lipinski definition) is 6. The predicted octanol–water partition coefficient (Wildman–Crippen LogP) is 5.43. The number of aromatic nitrogens is 2. The van der Waals surface area contributed by atoms with Crippen molar-refractivity contribution in [1.29, 1.82) is 0 Å². The molecule has 2 aromatic heterocycles. The molecule has 3 aliphatic rings. The lowest BCUT2D eigenvalue weighted by Crippen LogP contribution is -2.35. The minimum Gasteiger partial charge on any atom is -0.485 e. The molecule has 0 fully saturated rings. The van der Waals surface area contributed by atoms with E-state index in [0.29, 0.717) is 30.4 Å². The average Bonchev–Trinajstić information content (AvgIpc) is 3.24. The van der Waals surface area contributed by atoms with Gasteiger partial charge in [-0.25, -0.2) is 9.18 Å². The number of carbonyl (C=O) groups excluding carboxylic acids is 1. The van der Waals surface area contributed by atoms with Crippen molar-refractivity contribution in [2.45, 2.75) is 39.8 Å². The number of pyridine rings is 2. The molecule has 1 aromatic carbocycles. The van der Waals surface area contributed by atoms with Crippen molar-refractivity contribution in [3.05, 3.63) is 98.9 Å². The summed E-state index contributed by atoms with van der Waals surface area (Å²) < 4.78 is 27.0. The van der Waals surface area contributed by atoms with Gasteiger partial charge in [-0.05, 0) is 61.5 Å². The van der Waals surface area contributed by atoms with E-state index in [2.05, 4.69) is 18.9 Å². The molecular weight excluding hydrogens is 509 g/mol. The van der Waals surface area contributed by atoms with Crippen molar-refractivity contribution < 1.29 is 18.7 Å². The first-order valence-electron chi connectivity index (χ1n) is 13.8. The zero-order chi connectivity index (χ0) is 28.0. The second kappa shape index (κ2) is 10.4. The van der Waals surface area contributed by atoms with E-state index in [1.165, 1.54) is 11.6 Å². The molecule has 2 unspecified atom stereocenters. The summed E-state index contributed by atoms with van der Waals surface area (Å²) >= 11 is 0. The maximum absolute atomic E-state index is 14.1. The summed E-state index contributed by atoms with van der Waals surface area (Å²) in [6.07, 6.45) is 8.11. The topological polar surface area (TPSA) is 73.7 Å². The van der Waals surface area contributed by atoms with E-state index in [0.717, 1.165) is 28.9 Å². The molecule has 2 atom stereocenters. The number of halogens is 1. The maximum Gasteiger partial charge on any atom is 0.347 e. The van der Waals surface area contributed by atoms with Gasteiger partial charge in [-0.15, -0.1) is 0 Å². The Morgan fingerprint density at radius 1 is 1.20 bits per heavy atom. The van der Waals surface area contributed by atoms with Crippen LogP contribution < -0.4 is 10.3 Å². The molecule has 0 amide bonds. The van der Waals surface area contributed by atoms with Gasteiger partial charge in [0.05, 0.1) is 12.1 Å². The number of hydrogen-bond donors (Lipinski definition) is 0. The monoisotopic (exact) mass is 541 g/mol. The molecule has 6 rings (SSSR count). The van der Waals surface area contributed by atoms with E-state index in [1.807, 2.05) is 42.6 Å². The Morgan fingerprint density at radius 2 is 2.00 bits per heavy atom. The third kappa shape index (κ3) is 4.41. The first-order valence-corrected chi connectivity index (χ1v) is 13.8. The van der Waals surface area contributed by atoms with Crippen LogP contribution in [0, 0.1) is 11.8 Å². The summed E-state index contributed by atoms with van der Waals surface area (Å²) in [6, 6.07) is 9.59. The molecule has 0 saturated heterocycles. The highest BCUT2D eigenvalue weighted by Gasteiger charge is 2.39. The Bertz CT molecular complexity index is 1650. The number of allylic oxidation sites excluding steroid dienone is 5. The quantitative estimate of drug-likeness (QED) is 0.372. The van der Waals surface area contributed by atoms with E-state index in [-0.39, 0.29) is 42.2 Å². The van der Waals surface area contributed by atoms with Gasteiger partial charge in [0.2, 0.25) is 0 Å². The van der Waals surface area contributed by atoms with Gasteiger partial charge in [-0.3, -0.25) is 9.78 Å². The van der Waals surface area contributed by atoms with Gasteiger partial charge >= 0.3 is 5.97 Å². The highest BCUT2D eigenvalue weighted by Crippen LogP contribution is 2.46. The lowest BCUT2D eigenvalue weighted by atomic mass is 9.83. The van der Waals surface area contributed by atoms with Gasteiger partial charge in [-0.1, -0.05) is 36.4 Å². The smallest absolute Gasteiger partial charge is 0.347 e. The summed E-state index contributed by atoms with van der Waals surface area (Å²) in [7, 11) is 2.06. The van der Waals surface area contributed by atoms with Crippen molar-refractivity contribution in [2.75, 3.05) is 20.2 Å². The molecular formula is C32H32FN3O4. The molecule has 8 heteroatoms. The molecule has 2 aliphatic heterocycles. The SMILES string of the molecule is CCOC(=O)c1c(OCc2ccccc2)c2ncc(CC3C=CC(F)=CC3)c3c2n(c1=O)CC1CN(C)C(C)=C31. The second-order valence-corrected chi connectivity index (χ2v) is 10.7. The van der Waals surface area contributed by atoms with E-state index in [9.17, 15) is 14.0 Å². The van der Waals surface area contributed by atoms with Crippen LogP contribution in [0.3, 0.4) is 0 Å². The summed E-state index contributed by atoms with van der Waals surface area (Å²) in [6.45, 7) is 5.33. The van der Waals surface area contributed by atoms with Crippen LogP contribution in [0.4, 0.5) is 4.39 Å². The van der Waals surface area contributed by atoms with Gasteiger partial charge in [0.25, 0.3) is 5.56 Å². The molecule has 0 saturated carbocycles. The number of ether oxygens (including phenoxy) is 2. The van der Waals surface area contributed by atoms with Crippen LogP contribution >= 0.6 is 0 Å². The van der Waals surface area contributed by atoms with Crippen LogP contribution in [0.25, 0.3) is 16.6 Å². The first kappa shape index (κ1) is 26.0. The Labute approximate surface area is 232 Å². The number of fused-ring (bicyclic) bond motifs is 2. The number of carbonyl (C=O) groups is 1. The largest absolute Gasteiger partial charge is 0.485 e. The zero-order valence-corrected chi connectivity index (χ0v) is 22.9. The Hall–Kier alpha value is -4.20. The van der Waals surface area contributed by atoms with Gasteiger partial charge in [-0.2, -0.15) is 0 Å². The lowest BCUT2D eigenvalue weighted by molar-refractivity contribution is 0.0518. The normalized spacial score (nSPS) is 19.6. The van der Waals surface area contributed by atoms with Crippen LogP contribution in [0.15, 0.2) is 71.1 Å². The van der Waals surface area contributed by atoms with Crippen LogP contribution in [-0.4, -0.2) is 40.6 Å². The molecule has 0 N–H and O–H groups in total. The standard InChI is InChI=1S/C32H32FN3O4/c1-4-39-32(38)27-30(40-18-21-8-6-5-7-9-21)28-29-26(22(15-34-28)14-20-10-12-24(33)13-11-20)25-19(2)35(3)16-23(25)17-36(29)31(27)37/h5-10,12-13,15,20,23H,4,11,14,16-18H2,1-3H3. The highest BCUT2D eigenvalue weighted by molar-refractivity contribution is 6.02. The van der Waals surface area contributed by atoms with Gasteiger partial charge < -0.3 is 18.9 Å². The molecule has 0 spiro atoms. The van der Waals surface area contributed by atoms with Crippen molar-refractivity contribution in [3.63, 3.8) is 0 Å². The fourth-order valence-corrected chi connectivity index (χ4v) is 6.19. The van der Waals surface area contributed by atoms with E-state index < -0.39 is 11.5 Å². The fourth-order valence-electron chi connectivity index (χ4n) is 6.19. The van der Waals surface area contributed by atoms with Gasteiger partial charge in [0, 0.05) is 43.5 Å². The first-order chi connectivity index (χ1) is 19.4. The van der Waals surface area contributed by atoms with Crippen LogP contribution in [0.1, 0.15) is 47.3 Å². The van der Waals surface area contributed by atoms with Crippen LogP contribution in [0.5, 0.6) is 5.75 Å². The summed E-state index contributed by atoms with van der Waals surface area (Å²) in [5.74, 6) is -0.577. The van der Waals surface area contributed by atoms with E-state index in [1.54, 1.807) is 17.6 Å². The maximum atomic E-state index is 14.1. The molecule has 0 radical (unpaired) electrons. The number of esters is 1. The van der Waals surface area contributed by atoms with Crippen LogP contribution in [0.2, 0.25) is 0 Å². The minimum absolute atomic E-state index is 0.0879. The van der Waals surface area contributed by atoms with E-state index >= 15 is 0 Å². The molecule has 1 aliphatic carbocycles. The Balaban J connectivity index is 1.59. The van der Waals surface area contributed by atoms with Crippen molar-refractivity contribution >= 4 is 22.6 Å². The van der Waals surface area contributed by atoms with Crippen molar-refractivity contribution in [1.82, 2.24) is 14.5 Å². The molecule has 7 nitrogen and oxygen atoms in total. The highest BCUT2D eigenvalue weighted by atomic mass is 19.1. The average molecular weight is 542 g/mol. The third-order valence-corrected chi connectivity index (χ3v) is 8.17.